The maximum atomic E-state index is 10.7. The largest absolute Gasteiger partial charge is 0.494 e. The maximum Gasteiger partial charge on any atom is 0.335 e. The molecule has 21 heavy (non-hydrogen) atoms. The second kappa shape index (κ2) is 8.07. The lowest BCUT2D eigenvalue weighted by atomic mass is 10.1. The van der Waals surface area contributed by atoms with Gasteiger partial charge >= 0.3 is 5.97 Å². The fourth-order valence-electron chi connectivity index (χ4n) is 1.90. The van der Waals surface area contributed by atoms with Crippen molar-refractivity contribution in [3.63, 3.8) is 0 Å². The van der Waals surface area contributed by atoms with E-state index in [4.69, 9.17) is 9.84 Å². The number of hydrogen-bond acceptors (Lipinski definition) is 3. The smallest absolute Gasteiger partial charge is 0.335 e. The second-order valence-corrected chi connectivity index (χ2v) is 4.69. The molecule has 110 valence electrons. The molecule has 0 unspecified atom stereocenters. The average Bonchev–Trinajstić information content (AvgIpc) is 2.52. The van der Waals surface area contributed by atoms with Crippen molar-refractivity contribution in [3.8, 4) is 5.75 Å². The zero-order valence-corrected chi connectivity index (χ0v) is 11.8. The molecule has 0 spiro atoms. The van der Waals surface area contributed by atoms with E-state index in [0.29, 0.717) is 12.2 Å². The van der Waals surface area contributed by atoms with Gasteiger partial charge in [-0.3, -0.25) is 0 Å². The van der Waals surface area contributed by atoms with Gasteiger partial charge in [-0.25, -0.2) is 4.79 Å². The maximum absolute atomic E-state index is 10.7. The molecule has 0 amide bonds. The molecule has 4 nitrogen and oxygen atoms in total. The standard InChI is InChI=1S/C17H19NO3/c19-17(20)15-9-7-14(8-10-15)13-18-11-4-12-21-16-5-2-1-3-6-16/h1-3,5-10,18H,4,11-13H2,(H,19,20). The van der Waals surface area contributed by atoms with Crippen LogP contribution in [0.2, 0.25) is 0 Å². The van der Waals surface area contributed by atoms with Crippen molar-refractivity contribution in [2.75, 3.05) is 13.2 Å². The Morgan fingerprint density at radius 2 is 1.76 bits per heavy atom. The van der Waals surface area contributed by atoms with Crippen molar-refractivity contribution in [1.82, 2.24) is 5.32 Å². The van der Waals surface area contributed by atoms with Crippen molar-refractivity contribution >= 4 is 5.97 Å². The minimum atomic E-state index is -0.896. The fourth-order valence-corrected chi connectivity index (χ4v) is 1.90. The van der Waals surface area contributed by atoms with E-state index in [-0.39, 0.29) is 0 Å². The number of carbonyl (C=O) groups is 1. The number of hydrogen-bond donors (Lipinski definition) is 2. The molecule has 0 atom stereocenters. The van der Waals surface area contributed by atoms with Gasteiger partial charge in [-0.05, 0) is 42.8 Å². The summed E-state index contributed by atoms with van der Waals surface area (Å²) in [5.74, 6) is -0.00525. The van der Waals surface area contributed by atoms with Crippen LogP contribution in [0.15, 0.2) is 54.6 Å². The van der Waals surface area contributed by atoms with Crippen LogP contribution in [0.25, 0.3) is 0 Å². The van der Waals surface area contributed by atoms with Crippen molar-refractivity contribution in [2.24, 2.45) is 0 Å². The summed E-state index contributed by atoms with van der Waals surface area (Å²) in [5, 5.41) is 12.1. The number of aromatic carboxylic acids is 1. The van der Waals surface area contributed by atoms with Crippen molar-refractivity contribution in [2.45, 2.75) is 13.0 Å². The van der Waals surface area contributed by atoms with E-state index in [0.717, 1.165) is 30.8 Å². The molecule has 4 heteroatoms. The van der Waals surface area contributed by atoms with Crippen molar-refractivity contribution < 1.29 is 14.6 Å². The highest BCUT2D eigenvalue weighted by molar-refractivity contribution is 5.87. The zero-order chi connectivity index (χ0) is 14.9. The molecule has 0 aromatic heterocycles. The Labute approximate surface area is 124 Å². The average molecular weight is 285 g/mol. The third-order valence-corrected chi connectivity index (χ3v) is 3.04. The first-order valence-electron chi connectivity index (χ1n) is 6.96. The summed E-state index contributed by atoms with van der Waals surface area (Å²) >= 11 is 0. The van der Waals surface area contributed by atoms with Gasteiger partial charge in [0.05, 0.1) is 12.2 Å². The Morgan fingerprint density at radius 1 is 1.05 bits per heavy atom. The number of carboxylic acid groups (broad SMARTS) is 1. The molecule has 0 heterocycles. The lowest BCUT2D eigenvalue weighted by Crippen LogP contribution is -2.17. The minimum absolute atomic E-state index is 0.315. The molecule has 2 aromatic carbocycles. The third-order valence-electron chi connectivity index (χ3n) is 3.04. The number of ether oxygens (including phenoxy) is 1. The van der Waals surface area contributed by atoms with Crippen LogP contribution in [0.3, 0.4) is 0 Å². The Balaban J connectivity index is 1.60. The number of para-hydroxylation sites is 1. The first kappa shape index (κ1) is 15.1. The van der Waals surface area contributed by atoms with Crippen LogP contribution in [-0.4, -0.2) is 24.2 Å². The summed E-state index contributed by atoms with van der Waals surface area (Å²) in [4.78, 5) is 10.7. The van der Waals surface area contributed by atoms with Crippen molar-refractivity contribution in [3.05, 3.63) is 65.7 Å². The van der Waals surface area contributed by atoms with Crippen LogP contribution in [0.5, 0.6) is 5.75 Å². The molecular formula is C17H19NO3. The minimum Gasteiger partial charge on any atom is -0.494 e. The van der Waals surface area contributed by atoms with Crippen LogP contribution < -0.4 is 10.1 Å². The van der Waals surface area contributed by atoms with Crippen LogP contribution in [-0.2, 0) is 6.54 Å². The summed E-state index contributed by atoms with van der Waals surface area (Å²) < 4.78 is 5.60. The topological polar surface area (TPSA) is 58.6 Å². The van der Waals surface area contributed by atoms with E-state index in [1.807, 2.05) is 42.5 Å². The highest BCUT2D eigenvalue weighted by Gasteiger charge is 2.01. The molecule has 2 rings (SSSR count). The van der Waals surface area contributed by atoms with E-state index in [1.54, 1.807) is 12.1 Å². The van der Waals surface area contributed by atoms with E-state index in [1.165, 1.54) is 0 Å². The van der Waals surface area contributed by atoms with Gasteiger partial charge in [0.25, 0.3) is 0 Å². The summed E-state index contributed by atoms with van der Waals surface area (Å²) in [5.41, 5.74) is 1.39. The van der Waals surface area contributed by atoms with Gasteiger partial charge in [-0.15, -0.1) is 0 Å². The van der Waals surface area contributed by atoms with Gasteiger partial charge in [0.2, 0.25) is 0 Å². The highest BCUT2D eigenvalue weighted by Crippen LogP contribution is 2.08. The van der Waals surface area contributed by atoms with Gasteiger partial charge in [-0.2, -0.15) is 0 Å². The summed E-state index contributed by atoms with van der Waals surface area (Å²) in [6.45, 7) is 2.26. The normalized spacial score (nSPS) is 10.3. The molecular weight excluding hydrogens is 266 g/mol. The van der Waals surface area contributed by atoms with E-state index >= 15 is 0 Å². The predicted molar refractivity (Wildman–Crippen MR) is 81.7 cm³/mol. The Kier molecular flexibility index (Phi) is 5.79. The Morgan fingerprint density at radius 3 is 2.43 bits per heavy atom. The molecule has 2 N–H and O–H groups in total. The monoisotopic (exact) mass is 285 g/mol. The lowest BCUT2D eigenvalue weighted by molar-refractivity contribution is 0.0697. The Bertz CT molecular complexity index is 552. The van der Waals surface area contributed by atoms with Gasteiger partial charge < -0.3 is 15.2 Å². The van der Waals surface area contributed by atoms with Crippen LogP contribution in [0.4, 0.5) is 0 Å². The summed E-state index contributed by atoms with van der Waals surface area (Å²) in [6.07, 6.45) is 0.919. The van der Waals surface area contributed by atoms with Crippen LogP contribution in [0.1, 0.15) is 22.3 Å². The number of benzene rings is 2. The third kappa shape index (κ3) is 5.28. The fraction of sp³-hybridized carbons (Fsp3) is 0.235. The van der Waals surface area contributed by atoms with Crippen molar-refractivity contribution in [1.29, 1.82) is 0 Å². The van der Waals surface area contributed by atoms with Gasteiger partial charge in [0.15, 0.2) is 0 Å². The number of nitrogens with one attached hydrogen (secondary N) is 1. The second-order valence-electron chi connectivity index (χ2n) is 4.69. The molecule has 0 saturated carbocycles. The molecule has 0 aliphatic rings. The van der Waals surface area contributed by atoms with E-state index in [9.17, 15) is 4.79 Å². The van der Waals surface area contributed by atoms with Crippen LogP contribution in [0, 0.1) is 0 Å². The first-order chi connectivity index (χ1) is 10.3. The van der Waals surface area contributed by atoms with Gasteiger partial charge in [0, 0.05) is 6.54 Å². The quantitative estimate of drug-likeness (QED) is 0.732. The molecule has 0 fully saturated rings. The van der Waals surface area contributed by atoms with E-state index in [2.05, 4.69) is 5.32 Å². The first-order valence-corrected chi connectivity index (χ1v) is 6.96. The Hall–Kier alpha value is -2.33. The number of carboxylic acids is 1. The summed E-state index contributed by atoms with van der Waals surface area (Å²) in [6, 6.07) is 16.7. The molecule has 0 bridgehead atoms. The summed E-state index contributed by atoms with van der Waals surface area (Å²) in [7, 11) is 0. The SMILES string of the molecule is O=C(O)c1ccc(CNCCCOc2ccccc2)cc1. The molecule has 2 aromatic rings. The lowest BCUT2D eigenvalue weighted by Gasteiger charge is -2.07. The molecule has 0 saturated heterocycles. The molecule has 0 aliphatic carbocycles. The van der Waals surface area contributed by atoms with Gasteiger partial charge in [0.1, 0.15) is 5.75 Å². The number of rotatable bonds is 8. The van der Waals surface area contributed by atoms with E-state index < -0.39 is 5.97 Å². The molecule has 0 aliphatic heterocycles. The molecule has 0 radical (unpaired) electrons. The highest BCUT2D eigenvalue weighted by atomic mass is 16.5. The van der Waals surface area contributed by atoms with Gasteiger partial charge in [-0.1, -0.05) is 30.3 Å². The predicted octanol–water partition coefficient (Wildman–Crippen LogP) is 2.94. The zero-order valence-electron chi connectivity index (χ0n) is 11.8. The van der Waals surface area contributed by atoms with Crippen LogP contribution >= 0.6 is 0 Å².